The minimum absolute atomic E-state index is 0. The Morgan fingerprint density at radius 1 is 1.36 bits per heavy atom. The van der Waals surface area contributed by atoms with Gasteiger partial charge in [-0.25, -0.2) is 0 Å². The van der Waals surface area contributed by atoms with Gasteiger partial charge in [-0.2, -0.15) is 13.2 Å². The molecule has 3 N–H and O–H groups in total. The van der Waals surface area contributed by atoms with E-state index in [9.17, 15) is 22.8 Å². The molecule has 0 radical (unpaired) electrons. The lowest BCUT2D eigenvalue weighted by molar-refractivity contribution is -0.140. The molecule has 1 aliphatic heterocycles. The molecule has 1 saturated heterocycles. The number of alkyl halides is 3. The van der Waals surface area contributed by atoms with Crippen LogP contribution in [-0.2, 0) is 20.5 Å². The lowest BCUT2D eigenvalue weighted by Gasteiger charge is -2.33. The van der Waals surface area contributed by atoms with Crippen molar-refractivity contribution in [1.82, 2.24) is 10.2 Å². The third-order valence-electron chi connectivity index (χ3n) is 4.44. The summed E-state index contributed by atoms with van der Waals surface area (Å²) in [4.78, 5) is 25.7. The lowest BCUT2D eigenvalue weighted by Crippen LogP contribution is -2.50. The molecule has 0 aromatic heterocycles. The number of nitrogens with zero attached hydrogens (tertiary/aromatic N) is 1. The van der Waals surface area contributed by atoms with Crippen LogP contribution in [0.4, 0.5) is 13.2 Å². The van der Waals surface area contributed by atoms with Gasteiger partial charge in [0.25, 0.3) is 0 Å². The minimum Gasteiger partial charge on any atom is -0.370 e. The Morgan fingerprint density at radius 3 is 2.64 bits per heavy atom. The third-order valence-corrected chi connectivity index (χ3v) is 4.44. The van der Waals surface area contributed by atoms with Crippen LogP contribution in [0.1, 0.15) is 31.1 Å². The number of ether oxygens (including phenoxy) is 1. The van der Waals surface area contributed by atoms with Gasteiger partial charge in [0.1, 0.15) is 6.10 Å². The van der Waals surface area contributed by atoms with Crippen molar-refractivity contribution in [2.24, 2.45) is 11.7 Å². The second kappa shape index (κ2) is 10.1. The Hall–Kier alpha value is -1.84. The molecule has 1 heterocycles. The summed E-state index contributed by atoms with van der Waals surface area (Å²) in [6, 6.07) is 4.16. The van der Waals surface area contributed by atoms with Crippen molar-refractivity contribution in [1.29, 1.82) is 0 Å². The average molecular weight is 424 g/mol. The van der Waals surface area contributed by atoms with E-state index in [0.29, 0.717) is 12.1 Å². The van der Waals surface area contributed by atoms with Gasteiger partial charge in [-0.3, -0.25) is 9.59 Å². The number of benzene rings is 1. The lowest BCUT2D eigenvalue weighted by atomic mass is 10.0. The molecule has 10 heteroatoms. The van der Waals surface area contributed by atoms with Crippen molar-refractivity contribution in [3.63, 3.8) is 0 Å². The van der Waals surface area contributed by atoms with E-state index in [-0.39, 0.29) is 43.9 Å². The summed E-state index contributed by atoms with van der Waals surface area (Å²) in [5.41, 5.74) is 5.32. The highest BCUT2D eigenvalue weighted by molar-refractivity contribution is 5.87. The Morgan fingerprint density at radius 2 is 2.04 bits per heavy atom. The van der Waals surface area contributed by atoms with Crippen LogP contribution in [-0.4, -0.2) is 49.0 Å². The zero-order valence-corrected chi connectivity index (χ0v) is 16.5. The number of halogens is 4. The van der Waals surface area contributed by atoms with Crippen molar-refractivity contribution in [2.45, 2.75) is 32.2 Å². The van der Waals surface area contributed by atoms with E-state index in [0.717, 1.165) is 12.1 Å². The number of nitrogens with two attached hydrogens (primary N) is 1. The number of morpholine rings is 1. The molecule has 0 bridgehead atoms. The van der Waals surface area contributed by atoms with E-state index in [4.69, 9.17) is 10.5 Å². The van der Waals surface area contributed by atoms with E-state index in [1.54, 1.807) is 13.8 Å². The molecule has 6 nitrogen and oxygen atoms in total. The number of amides is 2. The molecule has 158 valence electrons. The summed E-state index contributed by atoms with van der Waals surface area (Å²) >= 11 is 0. The highest BCUT2D eigenvalue weighted by Crippen LogP contribution is 2.32. The fourth-order valence-corrected chi connectivity index (χ4v) is 2.69. The molecule has 0 saturated carbocycles. The topological polar surface area (TPSA) is 84.7 Å². The van der Waals surface area contributed by atoms with Gasteiger partial charge >= 0.3 is 6.18 Å². The summed E-state index contributed by atoms with van der Waals surface area (Å²) < 4.78 is 44.2. The molecule has 1 aliphatic rings. The van der Waals surface area contributed by atoms with Crippen molar-refractivity contribution in [3.8, 4) is 0 Å². The summed E-state index contributed by atoms with van der Waals surface area (Å²) in [5.74, 6) is -0.811. The molecule has 2 amide bonds. The SMILES string of the molecule is CC(C)[C@H](N)C(=O)NCC(=O)N1CCOC(c2cccc(C(F)(F)F)c2)C1.Cl. The van der Waals surface area contributed by atoms with Crippen LogP contribution in [0, 0.1) is 5.92 Å². The smallest absolute Gasteiger partial charge is 0.370 e. The summed E-state index contributed by atoms with van der Waals surface area (Å²) in [7, 11) is 0. The second-order valence-corrected chi connectivity index (χ2v) is 6.81. The third kappa shape index (κ3) is 6.35. The monoisotopic (exact) mass is 423 g/mol. The Labute approximate surface area is 168 Å². The van der Waals surface area contributed by atoms with E-state index >= 15 is 0 Å². The van der Waals surface area contributed by atoms with Gasteiger partial charge in [0.15, 0.2) is 0 Å². The Kier molecular flexibility index (Phi) is 8.72. The molecule has 2 atom stereocenters. The van der Waals surface area contributed by atoms with Crippen LogP contribution in [0.15, 0.2) is 24.3 Å². The molecule has 28 heavy (non-hydrogen) atoms. The van der Waals surface area contributed by atoms with Gasteiger partial charge in [-0.05, 0) is 23.6 Å². The van der Waals surface area contributed by atoms with Crippen molar-refractivity contribution >= 4 is 24.2 Å². The van der Waals surface area contributed by atoms with E-state index in [1.165, 1.54) is 17.0 Å². The molecule has 1 unspecified atom stereocenters. The van der Waals surface area contributed by atoms with E-state index in [2.05, 4.69) is 5.32 Å². The second-order valence-electron chi connectivity index (χ2n) is 6.81. The summed E-state index contributed by atoms with van der Waals surface area (Å²) in [5, 5.41) is 2.50. The minimum atomic E-state index is -4.44. The Bertz CT molecular complexity index is 686. The highest BCUT2D eigenvalue weighted by atomic mass is 35.5. The van der Waals surface area contributed by atoms with Crippen LogP contribution < -0.4 is 11.1 Å². The van der Waals surface area contributed by atoms with Gasteiger partial charge in [0.2, 0.25) is 11.8 Å². The normalized spacial score (nSPS) is 18.4. The predicted octanol–water partition coefficient (Wildman–Crippen LogP) is 2.13. The first kappa shape index (κ1) is 24.2. The number of rotatable bonds is 5. The molecule has 1 fully saturated rings. The fraction of sp³-hybridized carbons (Fsp3) is 0.556. The van der Waals surface area contributed by atoms with Crippen LogP contribution in [0.3, 0.4) is 0 Å². The van der Waals surface area contributed by atoms with Gasteiger partial charge < -0.3 is 20.7 Å². The van der Waals surface area contributed by atoms with E-state index in [1.807, 2.05) is 0 Å². The fourth-order valence-electron chi connectivity index (χ4n) is 2.69. The predicted molar refractivity (Wildman–Crippen MR) is 99.8 cm³/mol. The molecule has 2 rings (SSSR count). The van der Waals surface area contributed by atoms with Gasteiger partial charge in [-0.15, -0.1) is 12.4 Å². The maximum absolute atomic E-state index is 12.9. The number of carbonyl (C=O) groups excluding carboxylic acids is 2. The first-order valence-electron chi connectivity index (χ1n) is 8.69. The number of carbonyl (C=O) groups is 2. The molecular weight excluding hydrogens is 399 g/mol. The van der Waals surface area contributed by atoms with Crippen molar-refractivity contribution < 1.29 is 27.5 Å². The van der Waals surface area contributed by atoms with Gasteiger partial charge in [0, 0.05) is 6.54 Å². The maximum Gasteiger partial charge on any atom is 0.416 e. The zero-order valence-electron chi connectivity index (χ0n) is 15.7. The van der Waals surface area contributed by atoms with Crippen molar-refractivity contribution in [2.75, 3.05) is 26.2 Å². The standard InChI is InChI=1S/C18H24F3N3O3.ClH/c1-11(2)16(22)17(26)23-9-15(25)24-6-7-27-14(10-24)12-4-3-5-13(8-12)18(19,20)21;/h3-5,8,11,14,16H,6-7,9-10,22H2,1-2H3,(H,23,26);1H/t14?,16-;/m0./s1. The van der Waals surface area contributed by atoms with Gasteiger partial charge in [-0.1, -0.05) is 26.0 Å². The highest BCUT2D eigenvalue weighted by Gasteiger charge is 2.32. The van der Waals surface area contributed by atoms with Crippen LogP contribution in [0.5, 0.6) is 0 Å². The molecule has 0 aliphatic carbocycles. The van der Waals surface area contributed by atoms with Gasteiger partial charge in [0.05, 0.1) is 31.3 Å². The summed E-state index contributed by atoms with van der Waals surface area (Å²) in [6.45, 7) is 4.01. The molecule has 1 aromatic carbocycles. The van der Waals surface area contributed by atoms with Crippen LogP contribution in [0.2, 0.25) is 0 Å². The first-order valence-corrected chi connectivity index (χ1v) is 8.69. The number of nitrogens with one attached hydrogen (secondary N) is 1. The first-order chi connectivity index (χ1) is 12.6. The summed E-state index contributed by atoms with van der Waals surface area (Å²) in [6.07, 6.45) is -5.10. The molecular formula is C18H25ClF3N3O3. The van der Waals surface area contributed by atoms with Crippen LogP contribution in [0.25, 0.3) is 0 Å². The molecule has 1 aromatic rings. The Balaban J connectivity index is 0.00000392. The zero-order chi connectivity index (χ0) is 20.2. The largest absolute Gasteiger partial charge is 0.416 e. The van der Waals surface area contributed by atoms with Crippen LogP contribution >= 0.6 is 12.4 Å². The quantitative estimate of drug-likeness (QED) is 0.759. The molecule has 0 spiro atoms. The van der Waals surface area contributed by atoms with Crippen molar-refractivity contribution in [3.05, 3.63) is 35.4 Å². The number of hydrogen-bond donors (Lipinski definition) is 2. The maximum atomic E-state index is 12.9. The average Bonchev–Trinajstić information content (AvgIpc) is 2.64. The van der Waals surface area contributed by atoms with E-state index < -0.39 is 29.8 Å². The number of hydrogen-bond acceptors (Lipinski definition) is 4.